The third-order valence-electron chi connectivity index (χ3n) is 5.10. The highest BCUT2D eigenvalue weighted by Crippen LogP contribution is 2.41. The van der Waals surface area contributed by atoms with Gasteiger partial charge in [-0.1, -0.05) is 30.3 Å². The van der Waals surface area contributed by atoms with Crippen molar-refractivity contribution in [1.82, 2.24) is 14.3 Å². The Balaban J connectivity index is 1.59. The Morgan fingerprint density at radius 3 is 2.72 bits per heavy atom. The largest absolute Gasteiger partial charge is 0.377 e. The average Bonchev–Trinajstić information content (AvgIpc) is 3.16. The van der Waals surface area contributed by atoms with Crippen molar-refractivity contribution in [3.05, 3.63) is 70.7 Å². The fourth-order valence-corrected chi connectivity index (χ4v) is 5.46. The van der Waals surface area contributed by atoms with Gasteiger partial charge < -0.3 is 14.8 Å². The highest BCUT2D eigenvalue weighted by molar-refractivity contribution is 9.10. The zero-order chi connectivity index (χ0) is 20.2. The lowest BCUT2D eigenvalue weighted by Crippen LogP contribution is -2.30. The molecule has 0 saturated heterocycles. The lowest BCUT2D eigenvalue weighted by atomic mass is 10.1. The second-order valence-electron chi connectivity index (χ2n) is 7.40. The Kier molecular flexibility index (Phi) is 6.47. The van der Waals surface area contributed by atoms with Gasteiger partial charge in [0.25, 0.3) is 0 Å². The summed E-state index contributed by atoms with van der Waals surface area (Å²) in [6.45, 7) is 3.80. The number of aromatic nitrogens is 2. The van der Waals surface area contributed by atoms with Gasteiger partial charge in [-0.05, 0) is 52.0 Å². The van der Waals surface area contributed by atoms with Crippen molar-refractivity contribution < 1.29 is 0 Å². The zero-order valence-electron chi connectivity index (χ0n) is 16.8. The molecule has 152 valence electrons. The standard InChI is InChI=1S/C22H26BrN5S/c1-26(2)20-13-21-22(12-19(20)23)29-28(9-8-17-6-4-3-5-7-17)11-10-27(21)15-18-14-24-16-25-18/h3-7,12-14,16H,8-11,15H2,1-2H3,(H,24,25). The fourth-order valence-electron chi connectivity index (χ4n) is 3.53. The number of fused-ring (bicyclic) bond motifs is 1. The number of anilines is 2. The number of nitrogens with zero attached hydrogens (tertiary/aromatic N) is 4. The van der Waals surface area contributed by atoms with Gasteiger partial charge in [0.1, 0.15) is 0 Å². The molecule has 0 fully saturated rings. The van der Waals surface area contributed by atoms with E-state index in [1.807, 2.05) is 18.1 Å². The first-order valence-electron chi connectivity index (χ1n) is 9.80. The number of aromatic amines is 1. The van der Waals surface area contributed by atoms with Crippen molar-refractivity contribution in [2.45, 2.75) is 17.9 Å². The van der Waals surface area contributed by atoms with Crippen LogP contribution in [0.15, 0.2) is 64.4 Å². The highest BCUT2D eigenvalue weighted by Gasteiger charge is 2.23. The number of hydrogen-bond acceptors (Lipinski definition) is 5. The van der Waals surface area contributed by atoms with E-state index in [9.17, 15) is 0 Å². The number of rotatable bonds is 6. The number of H-pyrrole nitrogens is 1. The number of nitrogens with one attached hydrogen (secondary N) is 1. The zero-order valence-corrected chi connectivity index (χ0v) is 19.2. The maximum absolute atomic E-state index is 4.45. The first-order valence-corrected chi connectivity index (χ1v) is 11.4. The molecule has 0 radical (unpaired) electrons. The van der Waals surface area contributed by atoms with E-state index in [0.29, 0.717) is 0 Å². The summed E-state index contributed by atoms with van der Waals surface area (Å²) < 4.78 is 3.61. The third-order valence-corrected chi connectivity index (χ3v) is 6.88. The van der Waals surface area contributed by atoms with Gasteiger partial charge in [0.05, 0.1) is 29.9 Å². The summed E-state index contributed by atoms with van der Waals surface area (Å²) in [5.74, 6) is 0. The predicted octanol–water partition coefficient (Wildman–Crippen LogP) is 4.81. The van der Waals surface area contributed by atoms with Crippen LogP contribution in [0.1, 0.15) is 11.3 Å². The topological polar surface area (TPSA) is 38.4 Å². The van der Waals surface area contributed by atoms with Crippen LogP contribution in [-0.4, -0.2) is 48.0 Å². The summed E-state index contributed by atoms with van der Waals surface area (Å²) in [6, 6.07) is 15.3. The van der Waals surface area contributed by atoms with Crippen LogP contribution < -0.4 is 9.80 Å². The molecule has 2 heterocycles. The van der Waals surface area contributed by atoms with Gasteiger partial charge in [0.15, 0.2) is 0 Å². The van der Waals surface area contributed by atoms with Crippen LogP contribution in [0.5, 0.6) is 0 Å². The van der Waals surface area contributed by atoms with Gasteiger partial charge >= 0.3 is 0 Å². The molecule has 7 heteroatoms. The monoisotopic (exact) mass is 471 g/mol. The Morgan fingerprint density at radius 2 is 2.00 bits per heavy atom. The molecule has 0 unspecified atom stereocenters. The molecular weight excluding hydrogens is 446 g/mol. The lowest BCUT2D eigenvalue weighted by Gasteiger charge is -2.26. The molecule has 4 rings (SSSR count). The Hall–Kier alpha value is -1.96. The van der Waals surface area contributed by atoms with Crippen molar-refractivity contribution in [1.29, 1.82) is 0 Å². The van der Waals surface area contributed by atoms with Gasteiger partial charge in [-0.2, -0.15) is 0 Å². The summed E-state index contributed by atoms with van der Waals surface area (Å²) in [4.78, 5) is 13.4. The maximum atomic E-state index is 4.45. The first-order chi connectivity index (χ1) is 14.1. The Morgan fingerprint density at radius 1 is 1.17 bits per heavy atom. The normalized spacial score (nSPS) is 14.5. The lowest BCUT2D eigenvalue weighted by molar-refractivity contribution is 0.480. The van der Waals surface area contributed by atoms with Gasteiger partial charge in [0.2, 0.25) is 0 Å². The number of benzene rings is 2. The van der Waals surface area contributed by atoms with Crippen molar-refractivity contribution in [3.63, 3.8) is 0 Å². The molecule has 0 aliphatic carbocycles. The van der Waals surface area contributed by atoms with E-state index in [0.717, 1.165) is 42.8 Å². The van der Waals surface area contributed by atoms with Gasteiger partial charge in [-0.15, -0.1) is 0 Å². The van der Waals surface area contributed by atoms with E-state index in [4.69, 9.17) is 0 Å². The molecule has 0 bridgehead atoms. The molecule has 5 nitrogen and oxygen atoms in total. The summed E-state index contributed by atoms with van der Waals surface area (Å²) in [5.41, 5.74) is 4.91. The Bertz CT molecular complexity index is 930. The van der Waals surface area contributed by atoms with E-state index in [1.165, 1.54) is 21.8 Å². The molecule has 0 atom stereocenters. The average molecular weight is 472 g/mol. The summed E-state index contributed by atoms with van der Waals surface area (Å²) in [5, 5.41) is 0. The molecular formula is C22H26BrN5S. The second kappa shape index (κ2) is 9.24. The van der Waals surface area contributed by atoms with E-state index in [1.54, 1.807) is 6.33 Å². The third kappa shape index (κ3) is 4.97. The van der Waals surface area contributed by atoms with E-state index < -0.39 is 0 Å². The number of imidazole rings is 1. The van der Waals surface area contributed by atoms with Gasteiger partial charge in [0, 0.05) is 49.3 Å². The minimum Gasteiger partial charge on any atom is -0.377 e. The van der Waals surface area contributed by atoms with Crippen molar-refractivity contribution in [2.75, 3.05) is 43.5 Å². The minimum atomic E-state index is 0.804. The van der Waals surface area contributed by atoms with Crippen LogP contribution in [0.25, 0.3) is 0 Å². The Labute approximate surface area is 185 Å². The molecule has 1 aliphatic heterocycles. The van der Waals surface area contributed by atoms with Crippen LogP contribution in [0, 0.1) is 0 Å². The first kappa shape index (κ1) is 20.3. The van der Waals surface area contributed by atoms with Crippen LogP contribution in [0.2, 0.25) is 0 Å². The van der Waals surface area contributed by atoms with Crippen LogP contribution in [0.4, 0.5) is 11.4 Å². The summed E-state index contributed by atoms with van der Waals surface area (Å²) in [7, 11) is 4.17. The van der Waals surface area contributed by atoms with E-state index in [-0.39, 0.29) is 0 Å². The molecule has 2 aromatic carbocycles. The second-order valence-corrected chi connectivity index (χ2v) is 9.40. The number of hydrogen-bond donors (Lipinski definition) is 1. The van der Waals surface area contributed by atoms with E-state index >= 15 is 0 Å². The highest BCUT2D eigenvalue weighted by atomic mass is 79.9. The van der Waals surface area contributed by atoms with Crippen LogP contribution in [-0.2, 0) is 13.0 Å². The molecule has 1 N–H and O–H groups in total. The van der Waals surface area contributed by atoms with E-state index in [2.05, 4.69) is 96.6 Å². The number of halogens is 1. The molecule has 3 aromatic rings. The molecule has 0 spiro atoms. The van der Waals surface area contributed by atoms with Gasteiger partial charge in [-0.3, -0.25) is 0 Å². The maximum Gasteiger partial charge on any atom is 0.0923 e. The quantitative estimate of drug-likeness (QED) is 0.522. The van der Waals surface area contributed by atoms with Crippen LogP contribution in [0.3, 0.4) is 0 Å². The van der Waals surface area contributed by atoms with Crippen LogP contribution >= 0.6 is 27.9 Å². The van der Waals surface area contributed by atoms with Crippen molar-refractivity contribution >= 4 is 39.3 Å². The molecule has 29 heavy (non-hydrogen) atoms. The van der Waals surface area contributed by atoms with Gasteiger partial charge in [-0.25, -0.2) is 9.29 Å². The van der Waals surface area contributed by atoms with Crippen molar-refractivity contribution in [2.24, 2.45) is 0 Å². The minimum absolute atomic E-state index is 0.804. The molecule has 1 aromatic heterocycles. The molecule has 0 saturated carbocycles. The molecule has 1 aliphatic rings. The fraction of sp³-hybridized carbons (Fsp3) is 0.318. The summed E-state index contributed by atoms with van der Waals surface area (Å²) >= 11 is 5.63. The SMILES string of the molecule is CN(C)c1cc2c(cc1Br)SN(CCc1ccccc1)CCN2Cc1c[nH]cn1. The smallest absolute Gasteiger partial charge is 0.0923 e. The van der Waals surface area contributed by atoms with Crippen molar-refractivity contribution in [3.8, 4) is 0 Å². The predicted molar refractivity (Wildman–Crippen MR) is 126 cm³/mol. The molecule has 0 amide bonds. The summed E-state index contributed by atoms with van der Waals surface area (Å²) in [6.07, 6.45) is 4.79.